The van der Waals surface area contributed by atoms with Crippen LogP contribution in [0.25, 0.3) is 0 Å². The molecular weight excluding hydrogens is 336 g/mol. The van der Waals surface area contributed by atoms with E-state index < -0.39 is 0 Å². The first-order chi connectivity index (χ1) is 10.0. The van der Waals surface area contributed by atoms with Crippen LogP contribution in [0.3, 0.4) is 0 Å². The predicted octanol–water partition coefficient (Wildman–Crippen LogP) is 3.66. The van der Waals surface area contributed by atoms with Crippen LogP contribution in [0.5, 0.6) is 0 Å². The average molecular weight is 353 g/mol. The molecule has 0 aliphatic heterocycles. The molecule has 1 aromatic carbocycles. The van der Waals surface area contributed by atoms with E-state index in [0.717, 1.165) is 16.5 Å². The number of hydrogen-bond acceptors (Lipinski definition) is 4. The monoisotopic (exact) mass is 352 g/mol. The zero-order chi connectivity index (χ0) is 15.4. The fraction of sp³-hybridized carbons (Fsp3) is 0.357. The molecule has 0 saturated carbocycles. The van der Waals surface area contributed by atoms with Crippen LogP contribution < -0.4 is 5.32 Å². The Morgan fingerprint density at radius 3 is 2.62 bits per heavy atom. The van der Waals surface area contributed by atoms with E-state index >= 15 is 0 Å². The highest BCUT2D eigenvalue weighted by molar-refractivity contribution is 9.10. The summed E-state index contributed by atoms with van der Waals surface area (Å²) < 4.78 is 2.55. The van der Waals surface area contributed by atoms with Crippen molar-refractivity contribution in [1.29, 1.82) is 0 Å². The first kappa shape index (κ1) is 15.5. The van der Waals surface area contributed by atoms with Gasteiger partial charge in [0, 0.05) is 18.1 Å². The largest absolute Gasteiger partial charge is 0.360 e. The molecule has 7 heteroatoms. The van der Waals surface area contributed by atoms with Gasteiger partial charge in [-0.25, -0.2) is 4.68 Å². The summed E-state index contributed by atoms with van der Waals surface area (Å²) in [5, 5.41) is 18.7. The minimum Gasteiger partial charge on any atom is -0.360 e. The van der Waals surface area contributed by atoms with Crippen molar-refractivity contribution in [2.45, 2.75) is 26.3 Å². The normalized spacial score (nSPS) is 10.6. The Labute approximate surface area is 131 Å². The van der Waals surface area contributed by atoms with E-state index in [1.807, 2.05) is 31.2 Å². The van der Waals surface area contributed by atoms with Crippen molar-refractivity contribution in [3.63, 3.8) is 0 Å². The molecule has 0 bridgehead atoms. The van der Waals surface area contributed by atoms with Crippen LogP contribution in [0.1, 0.15) is 24.6 Å². The quantitative estimate of drug-likeness (QED) is 0.635. The van der Waals surface area contributed by atoms with Gasteiger partial charge in [-0.15, -0.1) is 0 Å². The topological polar surface area (TPSA) is 73.0 Å². The maximum Gasteiger partial charge on any atom is 0.334 e. The lowest BCUT2D eigenvalue weighted by Crippen LogP contribution is -2.06. The van der Waals surface area contributed by atoms with Crippen molar-refractivity contribution in [2.24, 2.45) is 7.05 Å². The van der Waals surface area contributed by atoms with Crippen LogP contribution in [-0.4, -0.2) is 14.7 Å². The van der Waals surface area contributed by atoms with E-state index in [1.54, 1.807) is 11.7 Å². The Morgan fingerprint density at radius 1 is 1.38 bits per heavy atom. The van der Waals surface area contributed by atoms with Gasteiger partial charge >= 0.3 is 5.69 Å². The molecule has 2 aromatic rings. The van der Waals surface area contributed by atoms with Crippen molar-refractivity contribution in [3.8, 4) is 0 Å². The van der Waals surface area contributed by atoms with Crippen LogP contribution >= 0.6 is 15.9 Å². The molecule has 21 heavy (non-hydrogen) atoms. The van der Waals surface area contributed by atoms with Gasteiger partial charge in [0.1, 0.15) is 5.69 Å². The van der Waals surface area contributed by atoms with Crippen molar-refractivity contribution < 1.29 is 4.92 Å². The van der Waals surface area contributed by atoms with Gasteiger partial charge in [-0.1, -0.05) is 41.4 Å². The Balaban J connectivity index is 2.22. The molecule has 0 amide bonds. The molecule has 0 spiro atoms. The van der Waals surface area contributed by atoms with Crippen molar-refractivity contribution in [1.82, 2.24) is 9.78 Å². The molecule has 0 aliphatic carbocycles. The van der Waals surface area contributed by atoms with Crippen LogP contribution in [0.2, 0.25) is 0 Å². The van der Waals surface area contributed by atoms with E-state index in [-0.39, 0.29) is 10.6 Å². The summed E-state index contributed by atoms with van der Waals surface area (Å²) in [5.41, 5.74) is 1.66. The van der Waals surface area contributed by atoms with Gasteiger partial charge in [0.2, 0.25) is 5.82 Å². The number of nitrogens with zero attached hydrogens (tertiary/aromatic N) is 3. The van der Waals surface area contributed by atoms with Gasteiger partial charge < -0.3 is 5.32 Å². The Kier molecular flexibility index (Phi) is 4.95. The summed E-state index contributed by atoms with van der Waals surface area (Å²) in [7, 11) is 1.72. The van der Waals surface area contributed by atoms with Crippen LogP contribution in [-0.2, 0) is 20.0 Å². The number of hydrogen-bond donors (Lipinski definition) is 1. The number of anilines is 1. The van der Waals surface area contributed by atoms with Crippen LogP contribution in [0.4, 0.5) is 11.5 Å². The van der Waals surface area contributed by atoms with Crippen LogP contribution in [0.15, 0.2) is 28.7 Å². The molecule has 2 rings (SSSR count). The molecule has 0 fully saturated rings. The first-order valence-corrected chi connectivity index (χ1v) is 7.50. The van der Waals surface area contributed by atoms with Crippen LogP contribution in [0, 0.1) is 10.1 Å². The molecular formula is C14H17BrN4O2. The van der Waals surface area contributed by atoms with E-state index in [9.17, 15) is 10.1 Å². The first-order valence-electron chi connectivity index (χ1n) is 6.71. The molecule has 6 nitrogen and oxygen atoms in total. The third kappa shape index (κ3) is 3.60. The molecule has 0 unspecified atom stereocenters. The van der Waals surface area contributed by atoms with Crippen molar-refractivity contribution >= 4 is 27.4 Å². The number of benzene rings is 1. The number of rotatable bonds is 6. The highest BCUT2D eigenvalue weighted by atomic mass is 79.9. The third-order valence-corrected chi connectivity index (χ3v) is 3.66. The lowest BCUT2D eigenvalue weighted by Gasteiger charge is -2.06. The van der Waals surface area contributed by atoms with Gasteiger partial charge in [0.05, 0.1) is 4.92 Å². The van der Waals surface area contributed by atoms with Gasteiger partial charge in [-0.05, 0) is 24.1 Å². The maximum absolute atomic E-state index is 11.3. The lowest BCUT2D eigenvalue weighted by molar-refractivity contribution is -0.384. The van der Waals surface area contributed by atoms with Crippen molar-refractivity contribution in [3.05, 3.63) is 50.1 Å². The second-order valence-corrected chi connectivity index (χ2v) is 5.67. The molecule has 1 aromatic heterocycles. The zero-order valence-electron chi connectivity index (χ0n) is 12.0. The molecule has 112 valence electrons. The smallest absolute Gasteiger partial charge is 0.334 e. The second kappa shape index (κ2) is 6.71. The molecule has 1 heterocycles. The number of aromatic nitrogens is 2. The fourth-order valence-electron chi connectivity index (χ4n) is 2.15. The van der Waals surface area contributed by atoms with Crippen molar-refractivity contribution in [2.75, 3.05) is 5.32 Å². The van der Waals surface area contributed by atoms with Gasteiger partial charge in [-0.3, -0.25) is 10.1 Å². The van der Waals surface area contributed by atoms with E-state index in [0.29, 0.717) is 24.5 Å². The predicted molar refractivity (Wildman–Crippen MR) is 85.3 cm³/mol. The molecule has 0 aliphatic rings. The molecule has 0 radical (unpaired) electrons. The average Bonchev–Trinajstić information content (AvgIpc) is 2.75. The summed E-state index contributed by atoms with van der Waals surface area (Å²) in [5.74, 6) is 0.450. The molecule has 0 atom stereocenters. The summed E-state index contributed by atoms with van der Waals surface area (Å²) >= 11 is 3.38. The summed E-state index contributed by atoms with van der Waals surface area (Å²) in [6.07, 6.45) is 1.42. The highest BCUT2D eigenvalue weighted by Crippen LogP contribution is 2.29. The van der Waals surface area contributed by atoms with E-state index in [1.165, 1.54) is 0 Å². The van der Waals surface area contributed by atoms with Gasteiger partial charge in [0.15, 0.2) is 0 Å². The zero-order valence-corrected chi connectivity index (χ0v) is 13.6. The minimum atomic E-state index is -0.359. The Morgan fingerprint density at radius 2 is 2.05 bits per heavy atom. The number of halogens is 1. The number of nitrogens with one attached hydrogen (secondary N) is 1. The number of nitro groups is 1. The summed E-state index contributed by atoms with van der Waals surface area (Å²) in [6.45, 7) is 2.49. The highest BCUT2D eigenvalue weighted by Gasteiger charge is 2.25. The molecule has 1 N–H and O–H groups in total. The SMILES string of the molecule is CCCc1nn(C)c(NCc2ccc(Br)cc2)c1[N+](=O)[O-]. The Hall–Kier alpha value is -1.89. The molecule has 0 saturated heterocycles. The Bertz CT molecular complexity index is 637. The lowest BCUT2D eigenvalue weighted by atomic mass is 10.2. The third-order valence-electron chi connectivity index (χ3n) is 3.13. The summed E-state index contributed by atoms with van der Waals surface area (Å²) in [4.78, 5) is 10.9. The summed E-state index contributed by atoms with van der Waals surface area (Å²) in [6, 6.07) is 7.81. The standard InChI is InChI=1S/C14H17BrN4O2/c1-3-4-12-13(19(20)21)14(18(2)17-12)16-9-10-5-7-11(15)8-6-10/h5-8,16H,3-4,9H2,1-2H3. The minimum absolute atomic E-state index is 0.0801. The fourth-order valence-corrected chi connectivity index (χ4v) is 2.42. The maximum atomic E-state index is 11.3. The van der Waals surface area contributed by atoms with Gasteiger partial charge in [0.25, 0.3) is 0 Å². The number of aryl methyl sites for hydroxylation is 2. The van der Waals surface area contributed by atoms with E-state index in [2.05, 4.69) is 26.3 Å². The van der Waals surface area contributed by atoms with E-state index in [4.69, 9.17) is 0 Å². The van der Waals surface area contributed by atoms with Gasteiger partial charge in [-0.2, -0.15) is 5.10 Å². The second-order valence-electron chi connectivity index (χ2n) is 4.75.